The van der Waals surface area contributed by atoms with Gasteiger partial charge in [0, 0.05) is 14.9 Å². The summed E-state index contributed by atoms with van der Waals surface area (Å²) in [6.07, 6.45) is 0. The van der Waals surface area contributed by atoms with Crippen molar-refractivity contribution in [1.29, 1.82) is 0 Å². The van der Waals surface area contributed by atoms with Crippen LogP contribution in [-0.4, -0.2) is 15.1 Å². The minimum atomic E-state index is 0.0639. The van der Waals surface area contributed by atoms with Crippen molar-refractivity contribution in [2.24, 2.45) is 0 Å². The Hall–Kier alpha value is -0.720. The van der Waals surface area contributed by atoms with Crippen LogP contribution in [0.3, 0.4) is 0 Å². The fraction of sp³-hybridized carbons (Fsp3) is 0.182. The van der Waals surface area contributed by atoms with Gasteiger partial charge in [-0.3, -0.25) is 4.79 Å². The van der Waals surface area contributed by atoms with E-state index in [0.717, 1.165) is 19.5 Å². The lowest BCUT2D eigenvalue weighted by atomic mass is 10.2. The van der Waals surface area contributed by atoms with E-state index < -0.39 is 0 Å². The number of halogens is 1. The van der Waals surface area contributed by atoms with Crippen LogP contribution in [0.5, 0.6) is 0 Å². The van der Waals surface area contributed by atoms with E-state index in [1.54, 1.807) is 18.7 Å². The highest BCUT2D eigenvalue weighted by molar-refractivity contribution is 9.10. The lowest BCUT2D eigenvalue weighted by Gasteiger charge is -2.03. The zero-order chi connectivity index (χ0) is 12.4. The van der Waals surface area contributed by atoms with Crippen LogP contribution in [-0.2, 0) is 0 Å². The van der Waals surface area contributed by atoms with Crippen molar-refractivity contribution in [2.75, 3.05) is 0 Å². The molecule has 0 radical (unpaired) electrons. The average molecular weight is 329 g/mol. The Balaban J connectivity index is 2.25. The Bertz CT molecular complexity index is 568. The Morgan fingerprint density at radius 2 is 2.24 bits per heavy atom. The Morgan fingerprint density at radius 1 is 1.47 bits per heavy atom. The largest absolute Gasteiger partial charge is 0.295 e. The standard InChI is InChI=1S/C11H9BrN2OS2/c1-6(15)8-3-4-10(9(12)5-8)16-11-13-7(2)14-17-11/h3-5H,1-2H3. The van der Waals surface area contributed by atoms with E-state index >= 15 is 0 Å². The maximum Gasteiger partial charge on any atom is 0.174 e. The van der Waals surface area contributed by atoms with Gasteiger partial charge in [-0.05, 0) is 53.4 Å². The molecule has 0 N–H and O–H groups in total. The summed E-state index contributed by atoms with van der Waals surface area (Å²) in [6, 6.07) is 5.57. The average Bonchev–Trinajstić information content (AvgIpc) is 2.67. The molecular weight excluding hydrogens is 320 g/mol. The molecular formula is C11H9BrN2OS2. The Kier molecular flexibility index (Phi) is 3.96. The first-order chi connectivity index (χ1) is 8.06. The first-order valence-electron chi connectivity index (χ1n) is 4.85. The molecule has 0 aliphatic rings. The third-order valence-corrected chi connectivity index (χ3v) is 4.88. The quantitative estimate of drug-likeness (QED) is 0.800. The van der Waals surface area contributed by atoms with Gasteiger partial charge in [-0.1, -0.05) is 17.8 Å². The van der Waals surface area contributed by atoms with Crippen molar-refractivity contribution in [2.45, 2.75) is 23.1 Å². The SMILES string of the molecule is CC(=O)c1ccc(Sc2nc(C)ns2)c(Br)c1. The van der Waals surface area contributed by atoms with Gasteiger partial charge < -0.3 is 0 Å². The molecule has 0 saturated heterocycles. The molecule has 0 spiro atoms. The summed E-state index contributed by atoms with van der Waals surface area (Å²) in [5.74, 6) is 0.850. The highest BCUT2D eigenvalue weighted by atomic mass is 79.9. The van der Waals surface area contributed by atoms with Crippen molar-refractivity contribution in [3.8, 4) is 0 Å². The molecule has 0 fully saturated rings. The number of rotatable bonds is 3. The number of aromatic nitrogens is 2. The summed E-state index contributed by atoms with van der Waals surface area (Å²) in [6.45, 7) is 3.43. The monoisotopic (exact) mass is 328 g/mol. The van der Waals surface area contributed by atoms with E-state index in [2.05, 4.69) is 25.3 Å². The summed E-state index contributed by atoms with van der Waals surface area (Å²) >= 11 is 6.38. The number of ketones is 1. The van der Waals surface area contributed by atoms with Gasteiger partial charge in [0.2, 0.25) is 0 Å². The number of aryl methyl sites for hydroxylation is 1. The van der Waals surface area contributed by atoms with Gasteiger partial charge in [0.1, 0.15) is 5.82 Å². The minimum absolute atomic E-state index is 0.0639. The molecule has 1 aromatic carbocycles. The van der Waals surface area contributed by atoms with Crippen LogP contribution in [0.1, 0.15) is 23.1 Å². The Labute approximate surface area is 116 Å². The molecule has 88 valence electrons. The molecule has 17 heavy (non-hydrogen) atoms. The van der Waals surface area contributed by atoms with Crippen LogP contribution in [0, 0.1) is 6.92 Å². The van der Waals surface area contributed by atoms with Gasteiger partial charge >= 0.3 is 0 Å². The molecule has 6 heteroatoms. The first-order valence-corrected chi connectivity index (χ1v) is 7.23. The van der Waals surface area contributed by atoms with Gasteiger partial charge in [-0.25, -0.2) is 4.98 Å². The van der Waals surface area contributed by atoms with Crippen LogP contribution >= 0.6 is 39.2 Å². The number of hydrogen-bond acceptors (Lipinski definition) is 5. The van der Waals surface area contributed by atoms with Crippen LogP contribution in [0.25, 0.3) is 0 Å². The van der Waals surface area contributed by atoms with Crippen LogP contribution in [0.4, 0.5) is 0 Å². The third kappa shape index (κ3) is 3.14. The van der Waals surface area contributed by atoms with E-state index in [4.69, 9.17) is 0 Å². The second-order valence-electron chi connectivity index (χ2n) is 3.41. The molecule has 2 aromatic rings. The summed E-state index contributed by atoms with van der Waals surface area (Å²) in [5, 5.41) is 0. The van der Waals surface area contributed by atoms with Crippen LogP contribution < -0.4 is 0 Å². The van der Waals surface area contributed by atoms with E-state index in [1.165, 1.54) is 11.5 Å². The van der Waals surface area contributed by atoms with Gasteiger partial charge in [-0.15, -0.1) is 0 Å². The summed E-state index contributed by atoms with van der Waals surface area (Å²) in [7, 11) is 0. The lowest BCUT2D eigenvalue weighted by Crippen LogP contribution is -1.91. The lowest BCUT2D eigenvalue weighted by molar-refractivity contribution is 0.101. The van der Waals surface area contributed by atoms with Gasteiger partial charge in [-0.2, -0.15) is 4.37 Å². The van der Waals surface area contributed by atoms with Crippen molar-refractivity contribution in [1.82, 2.24) is 9.36 Å². The highest BCUT2D eigenvalue weighted by Gasteiger charge is 2.08. The molecule has 1 aromatic heterocycles. The molecule has 0 bridgehead atoms. The molecule has 0 unspecified atom stereocenters. The topological polar surface area (TPSA) is 42.9 Å². The molecule has 0 saturated carbocycles. The molecule has 0 aliphatic heterocycles. The number of carbonyl (C=O) groups is 1. The maximum atomic E-state index is 11.2. The molecule has 2 rings (SSSR count). The van der Waals surface area contributed by atoms with E-state index in [1.807, 2.05) is 25.1 Å². The van der Waals surface area contributed by atoms with Gasteiger partial charge in [0.15, 0.2) is 10.1 Å². The van der Waals surface area contributed by atoms with Gasteiger partial charge in [0.25, 0.3) is 0 Å². The summed E-state index contributed by atoms with van der Waals surface area (Å²) in [5.41, 5.74) is 0.703. The van der Waals surface area contributed by atoms with Crippen molar-refractivity contribution in [3.05, 3.63) is 34.1 Å². The smallest absolute Gasteiger partial charge is 0.174 e. The second-order valence-corrected chi connectivity index (χ2v) is 6.31. The third-order valence-electron chi connectivity index (χ3n) is 2.04. The number of nitrogens with zero attached hydrogens (tertiary/aromatic N) is 2. The maximum absolute atomic E-state index is 11.2. The molecule has 0 atom stereocenters. The van der Waals surface area contributed by atoms with Crippen LogP contribution in [0.15, 0.2) is 31.9 Å². The fourth-order valence-corrected chi connectivity index (χ4v) is 3.45. The molecule has 3 nitrogen and oxygen atoms in total. The summed E-state index contributed by atoms with van der Waals surface area (Å²) in [4.78, 5) is 16.5. The first kappa shape index (κ1) is 12.7. The van der Waals surface area contributed by atoms with Gasteiger partial charge in [0.05, 0.1) is 0 Å². The predicted molar refractivity (Wildman–Crippen MR) is 72.9 cm³/mol. The van der Waals surface area contributed by atoms with E-state index in [9.17, 15) is 4.79 Å². The summed E-state index contributed by atoms with van der Waals surface area (Å²) < 4.78 is 5.94. The van der Waals surface area contributed by atoms with Crippen molar-refractivity contribution >= 4 is 45.0 Å². The van der Waals surface area contributed by atoms with E-state index in [0.29, 0.717) is 5.56 Å². The molecule has 1 heterocycles. The Morgan fingerprint density at radius 3 is 2.76 bits per heavy atom. The number of carbonyl (C=O) groups excluding carboxylic acids is 1. The zero-order valence-corrected chi connectivity index (χ0v) is 12.4. The number of benzene rings is 1. The molecule has 0 amide bonds. The fourth-order valence-electron chi connectivity index (χ4n) is 1.22. The van der Waals surface area contributed by atoms with E-state index in [-0.39, 0.29) is 5.78 Å². The molecule has 0 aliphatic carbocycles. The highest BCUT2D eigenvalue weighted by Crippen LogP contribution is 2.34. The van der Waals surface area contributed by atoms with Crippen LogP contribution in [0.2, 0.25) is 0 Å². The minimum Gasteiger partial charge on any atom is -0.295 e. The van der Waals surface area contributed by atoms with Crippen molar-refractivity contribution < 1.29 is 4.79 Å². The number of Topliss-reactive ketones (excluding diaryl/α,β-unsaturated/α-hetero) is 1. The van der Waals surface area contributed by atoms with Crippen molar-refractivity contribution in [3.63, 3.8) is 0 Å². The normalized spacial score (nSPS) is 10.5. The predicted octanol–water partition coefficient (Wildman–Crippen LogP) is 3.96. The zero-order valence-electron chi connectivity index (χ0n) is 9.23. The second kappa shape index (κ2) is 5.29. The number of hydrogen-bond donors (Lipinski definition) is 0.